The Morgan fingerprint density at radius 2 is 1.76 bits per heavy atom. The molecule has 1 atom stereocenters. The number of benzene rings is 2. The summed E-state index contributed by atoms with van der Waals surface area (Å²) < 4.78 is 1.73. The van der Waals surface area contributed by atoms with E-state index in [4.69, 9.17) is 0 Å². The zero-order valence-corrected chi connectivity index (χ0v) is 21.7. The lowest BCUT2D eigenvalue weighted by Crippen LogP contribution is -2.27. The summed E-state index contributed by atoms with van der Waals surface area (Å²) in [6.07, 6.45) is 3.26. The molecule has 3 heterocycles. The van der Waals surface area contributed by atoms with E-state index in [1.807, 2.05) is 80.6 Å². The highest BCUT2D eigenvalue weighted by atomic mass is 16.1. The van der Waals surface area contributed by atoms with Gasteiger partial charge in [-0.3, -0.25) is 19.1 Å². The number of nitrogens with zero attached hydrogens (tertiary/aromatic N) is 4. The van der Waals surface area contributed by atoms with Gasteiger partial charge in [0.05, 0.1) is 11.4 Å². The smallest absolute Gasteiger partial charge is 0.263 e. The van der Waals surface area contributed by atoms with Crippen molar-refractivity contribution in [3.05, 3.63) is 112 Å². The average molecular weight is 505 g/mol. The molecule has 0 fully saturated rings. The van der Waals surface area contributed by atoms with Gasteiger partial charge in [0.25, 0.3) is 11.5 Å². The molecule has 0 radical (unpaired) electrons. The molecule has 3 aromatic heterocycles. The Balaban J connectivity index is 1.73. The van der Waals surface area contributed by atoms with Gasteiger partial charge in [0.1, 0.15) is 17.2 Å². The molecule has 5 aromatic rings. The molecular weight excluding hydrogens is 476 g/mol. The predicted octanol–water partition coefficient (Wildman–Crippen LogP) is 4.99. The van der Waals surface area contributed by atoms with Crippen LogP contribution in [0, 0.1) is 13.8 Å². The molecule has 0 aliphatic rings. The predicted molar refractivity (Wildman–Crippen MR) is 150 cm³/mol. The summed E-state index contributed by atoms with van der Waals surface area (Å²) in [5.41, 5.74) is 4.34. The molecule has 8 nitrogen and oxygen atoms in total. The van der Waals surface area contributed by atoms with Crippen molar-refractivity contribution in [2.24, 2.45) is 0 Å². The standard InChI is InChI=1S/C30H28N6O2/c1-18-15-21(13-14-32-18)24-12-8-9-22-16-26(36(30(38)27(22)24)23-10-6-5-7-11-23)19(2)34-28-25(29(37)31-4)17-33-20(3)35-28/h5-17,19H,1-4H3,(H,31,37)(H,33,34,35)/t19-/m0/s1. The van der Waals surface area contributed by atoms with E-state index in [-0.39, 0.29) is 17.5 Å². The molecule has 8 heteroatoms. The fourth-order valence-corrected chi connectivity index (χ4v) is 4.66. The second-order valence-corrected chi connectivity index (χ2v) is 9.13. The largest absolute Gasteiger partial charge is 0.361 e. The number of rotatable bonds is 6. The van der Waals surface area contributed by atoms with Gasteiger partial charge in [-0.15, -0.1) is 0 Å². The summed E-state index contributed by atoms with van der Waals surface area (Å²) in [6, 6.07) is 21.0. The number of amides is 1. The Kier molecular flexibility index (Phi) is 6.70. The van der Waals surface area contributed by atoms with Gasteiger partial charge in [0.2, 0.25) is 0 Å². The number of carbonyl (C=O) groups excluding carboxylic acids is 1. The van der Waals surface area contributed by atoms with Gasteiger partial charge < -0.3 is 10.6 Å². The van der Waals surface area contributed by atoms with Gasteiger partial charge >= 0.3 is 0 Å². The van der Waals surface area contributed by atoms with E-state index in [1.54, 1.807) is 24.7 Å². The number of para-hydroxylation sites is 1. The Hall–Kier alpha value is -4.85. The first-order valence-electron chi connectivity index (χ1n) is 12.4. The zero-order chi connectivity index (χ0) is 26.8. The van der Waals surface area contributed by atoms with Crippen molar-refractivity contribution in [3.63, 3.8) is 0 Å². The first kappa shape index (κ1) is 24.8. The summed E-state index contributed by atoms with van der Waals surface area (Å²) in [5, 5.41) is 7.44. The van der Waals surface area contributed by atoms with E-state index < -0.39 is 0 Å². The van der Waals surface area contributed by atoms with Crippen LogP contribution in [0.3, 0.4) is 0 Å². The molecule has 0 bridgehead atoms. The summed E-state index contributed by atoms with van der Waals surface area (Å²) in [7, 11) is 1.56. The minimum Gasteiger partial charge on any atom is -0.361 e. The number of aromatic nitrogens is 4. The van der Waals surface area contributed by atoms with Crippen molar-refractivity contribution in [2.45, 2.75) is 26.8 Å². The Labute approximate surface area is 220 Å². The second-order valence-electron chi connectivity index (χ2n) is 9.13. The van der Waals surface area contributed by atoms with Crippen molar-refractivity contribution in [1.82, 2.24) is 24.8 Å². The van der Waals surface area contributed by atoms with Crippen LogP contribution in [0.15, 0.2) is 83.9 Å². The molecule has 0 spiro atoms. The van der Waals surface area contributed by atoms with Crippen molar-refractivity contribution in [1.29, 1.82) is 0 Å². The monoisotopic (exact) mass is 504 g/mol. The average Bonchev–Trinajstić information content (AvgIpc) is 2.92. The number of fused-ring (bicyclic) bond motifs is 1. The maximum absolute atomic E-state index is 14.3. The molecule has 0 saturated carbocycles. The number of nitrogens with one attached hydrogen (secondary N) is 2. The molecule has 0 aliphatic carbocycles. The van der Waals surface area contributed by atoms with Crippen molar-refractivity contribution >= 4 is 22.5 Å². The Bertz CT molecular complexity index is 1710. The quantitative estimate of drug-likeness (QED) is 0.338. The third kappa shape index (κ3) is 4.64. The van der Waals surface area contributed by atoms with E-state index in [0.717, 1.165) is 33.6 Å². The SMILES string of the molecule is CNC(=O)c1cnc(C)nc1N[C@@H](C)c1cc2cccc(-c3ccnc(C)c3)c2c(=O)n1-c1ccccc1. The highest BCUT2D eigenvalue weighted by Crippen LogP contribution is 2.30. The Morgan fingerprint density at radius 1 is 0.974 bits per heavy atom. The maximum Gasteiger partial charge on any atom is 0.263 e. The van der Waals surface area contributed by atoms with Gasteiger partial charge in [0.15, 0.2) is 0 Å². The van der Waals surface area contributed by atoms with Crippen LogP contribution >= 0.6 is 0 Å². The number of hydrogen-bond donors (Lipinski definition) is 2. The van der Waals surface area contributed by atoms with Crippen LogP contribution < -0.4 is 16.2 Å². The molecule has 1 amide bonds. The molecular formula is C30H28N6O2. The number of hydrogen-bond acceptors (Lipinski definition) is 6. The van der Waals surface area contributed by atoms with Gasteiger partial charge in [-0.1, -0.05) is 36.4 Å². The van der Waals surface area contributed by atoms with Gasteiger partial charge in [-0.25, -0.2) is 9.97 Å². The van der Waals surface area contributed by atoms with Gasteiger partial charge in [0, 0.05) is 36.5 Å². The molecule has 2 aromatic carbocycles. The molecule has 5 rings (SSSR count). The first-order chi connectivity index (χ1) is 18.4. The third-order valence-corrected chi connectivity index (χ3v) is 6.48. The fourth-order valence-electron chi connectivity index (χ4n) is 4.66. The van der Waals surface area contributed by atoms with E-state index in [2.05, 4.69) is 25.6 Å². The first-order valence-corrected chi connectivity index (χ1v) is 12.4. The van der Waals surface area contributed by atoms with E-state index in [0.29, 0.717) is 22.6 Å². The van der Waals surface area contributed by atoms with E-state index in [1.165, 1.54) is 6.20 Å². The van der Waals surface area contributed by atoms with Crippen molar-refractivity contribution < 1.29 is 4.79 Å². The lowest BCUT2D eigenvalue weighted by atomic mass is 9.98. The number of anilines is 1. The third-order valence-electron chi connectivity index (χ3n) is 6.48. The highest BCUT2D eigenvalue weighted by Gasteiger charge is 2.21. The zero-order valence-electron chi connectivity index (χ0n) is 21.7. The van der Waals surface area contributed by atoms with Crippen LogP contribution in [0.25, 0.3) is 27.6 Å². The van der Waals surface area contributed by atoms with Crippen LogP contribution in [0.5, 0.6) is 0 Å². The summed E-state index contributed by atoms with van der Waals surface area (Å²) in [6.45, 7) is 5.65. The molecule has 0 unspecified atom stereocenters. The van der Waals surface area contributed by atoms with Gasteiger partial charge in [-0.05, 0) is 67.6 Å². The molecule has 0 aliphatic heterocycles. The molecule has 0 saturated heterocycles. The maximum atomic E-state index is 14.3. The minimum absolute atomic E-state index is 0.132. The normalized spacial score (nSPS) is 11.8. The van der Waals surface area contributed by atoms with Crippen LogP contribution in [0.1, 0.15) is 40.5 Å². The number of carbonyl (C=O) groups is 1. The van der Waals surface area contributed by atoms with Crippen LogP contribution in [-0.4, -0.2) is 32.5 Å². The van der Waals surface area contributed by atoms with Crippen molar-refractivity contribution in [2.75, 3.05) is 12.4 Å². The summed E-state index contributed by atoms with van der Waals surface area (Å²) in [5.74, 6) is 0.636. The van der Waals surface area contributed by atoms with Gasteiger partial charge in [-0.2, -0.15) is 0 Å². The van der Waals surface area contributed by atoms with Crippen LogP contribution in [0.4, 0.5) is 5.82 Å². The molecule has 38 heavy (non-hydrogen) atoms. The van der Waals surface area contributed by atoms with Crippen molar-refractivity contribution in [3.8, 4) is 16.8 Å². The molecule has 2 N–H and O–H groups in total. The topological polar surface area (TPSA) is 102 Å². The van der Waals surface area contributed by atoms with Crippen LogP contribution in [-0.2, 0) is 0 Å². The lowest BCUT2D eigenvalue weighted by molar-refractivity contribution is 0.0963. The summed E-state index contributed by atoms with van der Waals surface area (Å²) in [4.78, 5) is 39.8. The summed E-state index contributed by atoms with van der Waals surface area (Å²) >= 11 is 0. The minimum atomic E-state index is -0.378. The molecule has 190 valence electrons. The van der Waals surface area contributed by atoms with E-state index >= 15 is 0 Å². The second kappa shape index (κ2) is 10.3. The lowest BCUT2D eigenvalue weighted by Gasteiger charge is -2.23. The highest BCUT2D eigenvalue weighted by molar-refractivity contribution is 5.98. The Morgan fingerprint density at radius 3 is 2.50 bits per heavy atom. The number of aryl methyl sites for hydroxylation is 2. The van der Waals surface area contributed by atoms with E-state index in [9.17, 15) is 9.59 Å². The number of pyridine rings is 2. The fraction of sp³-hybridized carbons (Fsp3) is 0.167. The van der Waals surface area contributed by atoms with Crippen LogP contribution in [0.2, 0.25) is 0 Å².